The largest absolute Gasteiger partial charge is 0.334 e. The Labute approximate surface area is 73.5 Å². The van der Waals surface area contributed by atoms with Crippen molar-refractivity contribution in [2.24, 2.45) is 0 Å². The summed E-state index contributed by atoms with van der Waals surface area (Å²) in [5, 5.41) is 0. The quantitative estimate of drug-likeness (QED) is 0.678. The Morgan fingerprint density at radius 3 is 2.83 bits per heavy atom. The van der Waals surface area contributed by atoms with Gasteiger partial charge in [0.05, 0.1) is 0 Å². The smallest absolute Gasteiger partial charge is 0.132 e. The fourth-order valence-electron chi connectivity index (χ4n) is 0.951. The molecule has 0 bridgehead atoms. The first-order chi connectivity index (χ1) is 5.75. The summed E-state index contributed by atoms with van der Waals surface area (Å²) >= 11 is 0. The van der Waals surface area contributed by atoms with Gasteiger partial charge in [-0.2, -0.15) is 0 Å². The number of hydrogen-bond donors (Lipinski definition) is 0. The molecule has 1 heterocycles. The Morgan fingerprint density at radius 2 is 2.33 bits per heavy atom. The zero-order chi connectivity index (χ0) is 8.97. The van der Waals surface area contributed by atoms with E-state index in [1.54, 1.807) is 6.20 Å². The molecule has 0 aromatic carbocycles. The minimum atomic E-state index is 0.948. The van der Waals surface area contributed by atoms with Crippen molar-refractivity contribution in [3.8, 4) is 0 Å². The van der Waals surface area contributed by atoms with Gasteiger partial charge < -0.3 is 4.90 Å². The number of nitrogens with zero attached hydrogens (tertiary/aromatic N) is 2. The molecule has 0 radical (unpaired) electrons. The summed E-state index contributed by atoms with van der Waals surface area (Å²) in [6.07, 6.45) is 2.74. The summed E-state index contributed by atoms with van der Waals surface area (Å²) in [6, 6.07) is 5.86. The van der Waals surface area contributed by atoms with Crippen LogP contribution < -0.4 is 4.90 Å². The van der Waals surface area contributed by atoms with Crippen LogP contribution in [0.2, 0.25) is 0 Å². The molecule has 1 aromatic rings. The van der Waals surface area contributed by atoms with E-state index in [0.29, 0.717) is 0 Å². The van der Waals surface area contributed by atoms with Crippen LogP contribution in [0.25, 0.3) is 0 Å². The van der Waals surface area contributed by atoms with Gasteiger partial charge in [-0.25, -0.2) is 4.98 Å². The van der Waals surface area contributed by atoms with Crippen LogP contribution in [0.3, 0.4) is 0 Å². The van der Waals surface area contributed by atoms with Crippen molar-refractivity contribution in [1.29, 1.82) is 0 Å². The minimum Gasteiger partial charge on any atom is -0.334 e. The first-order valence-corrected chi connectivity index (χ1v) is 4.08. The van der Waals surface area contributed by atoms with Gasteiger partial charge in [-0.15, -0.1) is 0 Å². The van der Waals surface area contributed by atoms with Crippen LogP contribution in [-0.4, -0.2) is 12.0 Å². The molecule has 0 saturated heterocycles. The maximum Gasteiger partial charge on any atom is 0.132 e. The molecule has 0 spiro atoms. The average molecular weight is 162 g/mol. The molecule has 1 aromatic heterocycles. The van der Waals surface area contributed by atoms with Crippen molar-refractivity contribution >= 4 is 5.82 Å². The third-order valence-electron chi connectivity index (χ3n) is 1.88. The van der Waals surface area contributed by atoms with Crippen molar-refractivity contribution in [2.75, 3.05) is 11.9 Å². The van der Waals surface area contributed by atoms with Crippen LogP contribution in [0.4, 0.5) is 5.82 Å². The molecule has 0 fully saturated rings. The molecule has 0 atom stereocenters. The van der Waals surface area contributed by atoms with E-state index in [-0.39, 0.29) is 0 Å². The maximum atomic E-state index is 4.21. The highest BCUT2D eigenvalue weighted by atomic mass is 15.2. The van der Waals surface area contributed by atoms with Crippen molar-refractivity contribution < 1.29 is 0 Å². The molecule has 2 heteroatoms. The van der Waals surface area contributed by atoms with E-state index in [0.717, 1.165) is 17.9 Å². The fourth-order valence-corrected chi connectivity index (χ4v) is 0.951. The molecule has 2 nitrogen and oxygen atoms in total. The predicted octanol–water partition coefficient (Wildman–Crippen LogP) is 2.44. The number of rotatable bonds is 3. The van der Waals surface area contributed by atoms with Gasteiger partial charge in [-0.1, -0.05) is 19.6 Å². The SMILES string of the molecule is C=C(CC)N(C)c1ccccn1. The number of allylic oxidation sites excluding steroid dienone is 1. The zero-order valence-corrected chi connectivity index (χ0v) is 7.62. The summed E-state index contributed by atoms with van der Waals surface area (Å²) < 4.78 is 0. The van der Waals surface area contributed by atoms with E-state index in [1.807, 2.05) is 30.1 Å². The number of anilines is 1. The Morgan fingerprint density at radius 1 is 1.58 bits per heavy atom. The van der Waals surface area contributed by atoms with E-state index in [9.17, 15) is 0 Å². The minimum absolute atomic E-state index is 0.948. The van der Waals surface area contributed by atoms with E-state index in [2.05, 4.69) is 18.5 Å². The van der Waals surface area contributed by atoms with Crippen LogP contribution in [0, 0.1) is 0 Å². The number of pyridine rings is 1. The van der Waals surface area contributed by atoms with Crippen molar-refractivity contribution in [2.45, 2.75) is 13.3 Å². The van der Waals surface area contributed by atoms with Gasteiger partial charge in [0, 0.05) is 18.9 Å². The van der Waals surface area contributed by atoms with E-state index >= 15 is 0 Å². The lowest BCUT2D eigenvalue weighted by Gasteiger charge is -2.18. The van der Waals surface area contributed by atoms with E-state index < -0.39 is 0 Å². The third-order valence-corrected chi connectivity index (χ3v) is 1.88. The van der Waals surface area contributed by atoms with Crippen LogP contribution >= 0.6 is 0 Å². The summed E-state index contributed by atoms with van der Waals surface area (Å²) in [5.41, 5.74) is 1.08. The molecule has 64 valence electrons. The van der Waals surface area contributed by atoms with Gasteiger partial charge in [0.1, 0.15) is 5.82 Å². The Hall–Kier alpha value is -1.31. The number of aromatic nitrogens is 1. The van der Waals surface area contributed by atoms with Gasteiger partial charge in [-0.3, -0.25) is 0 Å². The molecule has 0 saturated carbocycles. The third kappa shape index (κ3) is 1.84. The molecule has 0 aliphatic rings. The molecule has 0 aliphatic heterocycles. The highest BCUT2D eigenvalue weighted by molar-refractivity contribution is 5.43. The Kier molecular flexibility index (Phi) is 2.86. The molecular formula is C10H14N2. The second-order valence-electron chi connectivity index (χ2n) is 2.67. The highest BCUT2D eigenvalue weighted by Gasteiger charge is 2.01. The molecule has 0 amide bonds. The van der Waals surface area contributed by atoms with E-state index in [1.165, 1.54) is 0 Å². The highest BCUT2D eigenvalue weighted by Crippen LogP contribution is 2.13. The monoisotopic (exact) mass is 162 g/mol. The van der Waals surface area contributed by atoms with Crippen molar-refractivity contribution in [3.63, 3.8) is 0 Å². The first kappa shape index (κ1) is 8.78. The Bertz CT molecular complexity index is 254. The summed E-state index contributed by atoms with van der Waals surface area (Å²) in [7, 11) is 1.98. The summed E-state index contributed by atoms with van der Waals surface area (Å²) in [6.45, 7) is 6.02. The van der Waals surface area contributed by atoms with E-state index in [4.69, 9.17) is 0 Å². The lowest BCUT2D eigenvalue weighted by molar-refractivity contribution is 0.962. The number of hydrogen-bond acceptors (Lipinski definition) is 2. The first-order valence-electron chi connectivity index (χ1n) is 4.08. The summed E-state index contributed by atoms with van der Waals surface area (Å²) in [4.78, 5) is 6.21. The van der Waals surface area contributed by atoms with Gasteiger partial charge in [0.15, 0.2) is 0 Å². The standard InChI is InChI=1S/C10H14N2/c1-4-9(2)12(3)10-7-5-6-8-11-10/h5-8H,2,4H2,1,3H3. The summed E-state index contributed by atoms with van der Waals surface area (Å²) in [5.74, 6) is 0.948. The fraction of sp³-hybridized carbons (Fsp3) is 0.300. The molecule has 1 rings (SSSR count). The topological polar surface area (TPSA) is 16.1 Å². The predicted molar refractivity (Wildman–Crippen MR) is 52.1 cm³/mol. The van der Waals surface area contributed by atoms with Gasteiger partial charge in [0.25, 0.3) is 0 Å². The van der Waals surface area contributed by atoms with Crippen LogP contribution in [-0.2, 0) is 0 Å². The van der Waals surface area contributed by atoms with Crippen LogP contribution in [0.1, 0.15) is 13.3 Å². The van der Waals surface area contributed by atoms with Crippen molar-refractivity contribution in [3.05, 3.63) is 36.7 Å². The lowest BCUT2D eigenvalue weighted by Crippen LogP contribution is -2.15. The van der Waals surface area contributed by atoms with Gasteiger partial charge in [-0.05, 0) is 18.6 Å². The van der Waals surface area contributed by atoms with Crippen LogP contribution in [0.5, 0.6) is 0 Å². The second-order valence-corrected chi connectivity index (χ2v) is 2.67. The lowest BCUT2D eigenvalue weighted by atomic mass is 10.3. The zero-order valence-electron chi connectivity index (χ0n) is 7.62. The normalized spacial score (nSPS) is 9.50. The average Bonchev–Trinajstić information content (AvgIpc) is 2.17. The molecule has 0 unspecified atom stereocenters. The van der Waals surface area contributed by atoms with Crippen molar-refractivity contribution in [1.82, 2.24) is 4.98 Å². The molecule has 0 N–H and O–H groups in total. The maximum absolute atomic E-state index is 4.21. The van der Waals surface area contributed by atoms with Crippen LogP contribution in [0.15, 0.2) is 36.7 Å². The Balaban J connectivity index is 2.78. The molecular weight excluding hydrogens is 148 g/mol. The second kappa shape index (κ2) is 3.90. The molecule has 0 aliphatic carbocycles. The molecule has 12 heavy (non-hydrogen) atoms. The van der Waals surface area contributed by atoms with Gasteiger partial charge in [0.2, 0.25) is 0 Å². The van der Waals surface area contributed by atoms with Gasteiger partial charge >= 0.3 is 0 Å².